The third-order valence-electron chi connectivity index (χ3n) is 3.16. The normalized spacial score (nSPS) is 11.8. The van der Waals surface area contributed by atoms with Crippen LogP contribution in [0.15, 0.2) is 23.1 Å². The van der Waals surface area contributed by atoms with Gasteiger partial charge in [0.05, 0.1) is 18.8 Å². The maximum Gasteiger partial charge on any atom is 0.271 e. The summed E-state index contributed by atoms with van der Waals surface area (Å²) in [7, 11) is 0. The number of aromatic amines is 1. The molecule has 0 saturated heterocycles. The summed E-state index contributed by atoms with van der Waals surface area (Å²) < 4.78 is 0. The van der Waals surface area contributed by atoms with Crippen molar-refractivity contribution in [1.82, 2.24) is 20.3 Å². The van der Waals surface area contributed by atoms with Crippen LogP contribution in [0.3, 0.4) is 0 Å². The fraction of sp³-hybridized carbons (Fsp3) is 0.333. The van der Waals surface area contributed by atoms with Crippen molar-refractivity contribution in [2.45, 2.75) is 19.9 Å². The maximum absolute atomic E-state index is 12.1. The van der Waals surface area contributed by atoms with Crippen molar-refractivity contribution in [3.05, 3.63) is 50.7 Å². The van der Waals surface area contributed by atoms with Crippen molar-refractivity contribution in [3.63, 3.8) is 0 Å². The van der Waals surface area contributed by atoms with Gasteiger partial charge in [-0.05, 0) is 31.5 Å². The van der Waals surface area contributed by atoms with Crippen molar-refractivity contribution >= 4 is 23.5 Å². The average Bonchev–Trinajstić information content (AvgIpc) is 2.53. The van der Waals surface area contributed by atoms with Gasteiger partial charge in [0.15, 0.2) is 0 Å². The molecule has 0 aliphatic carbocycles. The molecule has 2 aromatic rings. The number of carbonyl (C=O) groups is 1. The smallest absolute Gasteiger partial charge is 0.271 e. The van der Waals surface area contributed by atoms with Crippen molar-refractivity contribution in [1.29, 1.82) is 0 Å². The minimum Gasteiger partial charge on any atom is -0.394 e. The van der Waals surface area contributed by atoms with Crippen LogP contribution < -0.4 is 16.2 Å². The standard InChI is InChI=1S/C15H18ClN5O3/c1-8-3-9(2)19-12(4-8)14(24)17-5-10(7-22)20-15-18-6-11(16)13(23)21-15/h3-4,6,10,22H,5,7H2,1-2H3,(H,17,24)(H2,18,20,21,23)/t10-/m1/s1. The number of aromatic nitrogens is 3. The Morgan fingerprint density at radius 2 is 2.17 bits per heavy atom. The SMILES string of the molecule is Cc1cc(C)nc(C(=O)NC[C@H](CO)Nc2ncc(Cl)c(=O)[nH]2)c1. The Morgan fingerprint density at radius 3 is 2.79 bits per heavy atom. The molecule has 8 nitrogen and oxygen atoms in total. The number of aryl methyl sites for hydroxylation is 2. The Labute approximate surface area is 143 Å². The number of aliphatic hydroxyl groups is 1. The molecule has 0 aliphatic rings. The first-order valence-electron chi connectivity index (χ1n) is 7.24. The number of nitrogens with zero attached hydrogens (tertiary/aromatic N) is 2. The quantitative estimate of drug-likeness (QED) is 0.606. The van der Waals surface area contributed by atoms with E-state index in [-0.39, 0.29) is 30.0 Å². The van der Waals surface area contributed by atoms with Crippen LogP contribution in [-0.4, -0.2) is 45.2 Å². The largest absolute Gasteiger partial charge is 0.394 e. The molecule has 0 saturated carbocycles. The number of aliphatic hydroxyl groups excluding tert-OH is 1. The van der Waals surface area contributed by atoms with Gasteiger partial charge in [-0.3, -0.25) is 14.6 Å². The number of H-pyrrole nitrogens is 1. The van der Waals surface area contributed by atoms with Crippen molar-refractivity contribution in [2.24, 2.45) is 0 Å². The van der Waals surface area contributed by atoms with Gasteiger partial charge in [0.25, 0.3) is 11.5 Å². The van der Waals surface area contributed by atoms with Crippen LogP contribution in [0, 0.1) is 13.8 Å². The number of amides is 1. The Morgan fingerprint density at radius 1 is 1.42 bits per heavy atom. The third kappa shape index (κ3) is 4.77. The molecule has 2 heterocycles. The van der Waals surface area contributed by atoms with Gasteiger partial charge >= 0.3 is 0 Å². The second-order valence-electron chi connectivity index (χ2n) is 5.31. The molecule has 1 amide bonds. The second kappa shape index (κ2) is 7.89. The summed E-state index contributed by atoms with van der Waals surface area (Å²) in [6.45, 7) is 3.54. The van der Waals surface area contributed by atoms with Crippen LogP contribution in [0.25, 0.3) is 0 Å². The minimum atomic E-state index is -0.538. The zero-order valence-electron chi connectivity index (χ0n) is 13.3. The van der Waals surface area contributed by atoms with Gasteiger partial charge in [-0.2, -0.15) is 0 Å². The molecule has 2 rings (SSSR count). The number of halogens is 1. The van der Waals surface area contributed by atoms with Gasteiger partial charge in [-0.15, -0.1) is 0 Å². The van der Waals surface area contributed by atoms with Gasteiger partial charge in [-0.1, -0.05) is 11.6 Å². The predicted octanol–water partition coefficient (Wildman–Crippen LogP) is 0.638. The topological polar surface area (TPSA) is 120 Å². The molecule has 128 valence electrons. The lowest BCUT2D eigenvalue weighted by Gasteiger charge is -2.17. The predicted molar refractivity (Wildman–Crippen MR) is 90.4 cm³/mol. The van der Waals surface area contributed by atoms with Gasteiger partial charge in [0.2, 0.25) is 5.95 Å². The van der Waals surface area contributed by atoms with Crippen LogP contribution in [0.1, 0.15) is 21.7 Å². The highest BCUT2D eigenvalue weighted by atomic mass is 35.5. The van der Waals surface area contributed by atoms with E-state index in [1.165, 1.54) is 6.20 Å². The first-order valence-corrected chi connectivity index (χ1v) is 7.62. The summed E-state index contributed by atoms with van der Waals surface area (Å²) in [5, 5.41) is 14.9. The van der Waals surface area contributed by atoms with Crippen molar-refractivity contribution in [2.75, 3.05) is 18.5 Å². The van der Waals surface area contributed by atoms with E-state index < -0.39 is 11.6 Å². The lowest BCUT2D eigenvalue weighted by Crippen LogP contribution is -2.39. The van der Waals surface area contributed by atoms with Gasteiger partial charge in [-0.25, -0.2) is 9.97 Å². The van der Waals surface area contributed by atoms with Crippen LogP contribution in [0.5, 0.6) is 0 Å². The van der Waals surface area contributed by atoms with E-state index in [0.29, 0.717) is 5.69 Å². The number of rotatable bonds is 6. The number of hydrogen-bond donors (Lipinski definition) is 4. The first-order chi connectivity index (χ1) is 11.4. The van der Waals surface area contributed by atoms with Crippen LogP contribution in [0.4, 0.5) is 5.95 Å². The van der Waals surface area contributed by atoms with Gasteiger partial charge in [0, 0.05) is 12.2 Å². The summed E-state index contributed by atoms with van der Waals surface area (Å²) in [5.41, 5.74) is 1.50. The molecule has 0 bridgehead atoms. The molecule has 0 aliphatic heterocycles. The molecular formula is C15H18ClN5O3. The molecule has 2 aromatic heterocycles. The summed E-state index contributed by atoms with van der Waals surface area (Å²) in [5.74, 6) is -0.193. The van der Waals surface area contributed by atoms with Crippen LogP contribution in [-0.2, 0) is 0 Å². The monoisotopic (exact) mass is 351 g/mol. The molecular weight excluding hydrogens is 334 g/mol. The fourth-order valence-corrected chi connectivity index (χ4v) is 2.17. The molecule has 1 atom stereocenters. The lowest BCUT2D eigenvalue weighted by molar-refractivity contribution is 0.0944. The molecule has 0 spiro atoms. The number of hydrogen-bond acceptors (Lipinski definition) is 6. The average molecular weight is 352 g/mol. The Balaban J connectivity index is 1.98. The van der Waals surface area contributed by atoms with Gasteiger partial charge < -0.3 is 15.7 Å². The van der Waals surface area contributed by atoms with E-state index in [4.69, 9.17) is 11.6 Å². The number of pyridine rings is 1. The summed E-state index contributed by atoms with van der Waals surface area (Å²) in [6, 6.07) is 3.02. The number of anilines is 1. The van der Waals surface area contributed by atoms with E-state index in [2.05, 4.69) is 25.6 Å². The van der Waals surface area contributed by atoms with E-state index in [0.717, 1.165) is 11.3 Å². The highest BCUT2D eigenvalue weighted by Crippen LogP contribution is 2.05. The summed E-state index contributed by atoms with van der Waals surface area (Å²) >= 11 is 5.60. The van der Waals surface area contributed by atoms with Crippen LogP contribution >= 0.6 is 11.6 Å². The molecule has 0 radical (unpaired) electrons. The molecule has 24 heavy (non-hydrogen) atoms. The third-order valence-corrected chi connectivity index (χ3v) is 3.43. The van der Waals surface area contributed by atoms with Crippen molar-refractivity contribution in [3.8, 4) is 0 Å². The molecule has 9 heteroatoms. The Bertz CT molecular complexity index is 773. The molecule has 4 N–H and O–H groups in total. The summed E-state index contributed by atoms with van der Waals surface area (Å²) in [4.78, 5) is 34.1. The lowest BCUT2D eigenvalue weighted by atomic mass is 10.2. The summed E-state index contributed by atoms with van der Waals surface area (Å²) in [6.07, 6.45) is 1.20. The molecule has 0 unspecified atom stereocenters. The van der Waals surface area contributed by atoms with E-state index in [1.807, 2.05) is 19.9 Å². The zero-order valence-corrected chi connectivity index (χ0v) is 14.0. The molecule has 0 fully saturated rings. The number of carbonyl (C=O) groups excluding carboxylic acids is 1. The molecule has 0 aromatic carbocycles. The highest BCUT2D eigenvalue weighted by molar-refractivity contribution is 6.30. The highest BCUT2D eigenvalue weighted by Gasteiger charge is 2.13. The van der Waals surface area contributed by atoms with Crippen molar-refractivity contribution < 1.29 is 9.90 Å². The maximum atomic E-state index is 12.1. The van der Waals surface area contributed by atoms with Gasteiger partial charge in [0.1, 0.15) is 10.7 Å². The Hall–Kier alpha value is -2.45. The second-order valence-corrected chi connectivity index (χ2v) is 5.72. The zero-order chi connectivity index (χ0) is 17.7. The van der Waals surface area contributed by atoms with E-state index >= 15 is 0 Å². The fourth-order valence-electron chi connectivity index (χ4n) is 2.07. The van der Waals surface area contributed by atoms with E-state index in [9.17, 15) is 14.7 Å². The first kappa shape index (κ1) is 17.9. The van der Waals surface area contributed by atoms with E-state index in [1.54, 1.807) is 6.07 Å². The minimum absolute atomic E-state index is 0.0321. The van der Waals surface area contributed by atoms with Crippen LogP contribution in [0.2, 0.25) is 5.02 Å². The Kier molecular flexibility index (Phi) is 5.88. The number of nitrogens with one attached hydrogen (secondary N) is 3.